The highest BCUT2D eigenvalue weighted by molar-refractivity contribution is 5.53. The first-order valence-electron chi connectivity index (χ1n) is 8.58. The molecule has 126 valence electrons. The first kappa shape index (κ1) is 16.6. The van der Waals surface area contributed by atoms with Gasteiger partial charge in [0.25, 0.3) is 0 Å². The van der Waals surface area contributed by atoms with Gasteiger partial charge in [-0.05, 0) is 24.6 Å². The van der Waals surface area contributed by atoms with Crippen LogP contribution in [0.5, 0.6) is 5.75 Å². The Labute approximate surface area is 145 Å². The van der Waals surface area contributed by atoms with E-state index in [1.165, 1.54) is 16.8 Å². The van der Waals surface area contributed by atoms with E-state index in [9.17, 15) is 0 Å². The standard InChI is InChI=1S/C21H26N2O/c1-18(15-19-7-4-3-5-8-19)17-22-11-13-23(14-12-22)20-9-6-10-21(16-20)24-2/h3-10,15-16H,11-14,17H2,1-2H3. The smallest absolute Gasteiger partial charge is 0.120 e. The van der Waals surface area contributed by atoms with Crippen LogP contribution in [0.2, 0.25) is 0 Å². The van der Waals surface area contributed by atoms with E-state index < -0.39 is 0 Å². The molecule has 0 radical (unpaired) electrons. The van der Waals surface area contributed by atoms with Crippen molar-refractivity contribution in [3.63, 3.8) is 0 Å². The number of piperazine rings is 1. The van der Waals surface area contributed by atoms with Crippen molar-refractivity contribution in [3.05, 3.63) is 65.7 Å². The molecule has 0 amide bonds. The Hall–Kier alpha value is -2.26. The number of hydrogen-bond acceptors (Lipinski definition) is 3. The highest BCUT2D eigenvalue weighted by Gasteiger charge is 2.17. The largest absolute Gasteiger partial charge is 0.497 e. The molecule has 0 N–H and O–H groups in total. The Morgan fingerprint density at radius 2 is 1.75 bits per heavy atom. The normalized spacial score (nSPS) is 16.2. The average molecular weight is 322 g/mol. The van der Waals surface area contributed by atoms with Gasteiger partial charge in [-0.2, -0.15) is 0 Å². The van der Waals surface area contributed by atoms with Crippen molar-refractivity contribution < 1.29 is 4.74 Å². The van der Waals surface area contributed by atoms with E-state index in [1.54, 1.807) is 7.11 Å². The molecule has 0 aliphatic carbocycles. The minimum Gasteiger partial charge on any atom is -0.497 e. The van der Waals surface area contributed by atoms with Crippen LogP contribution in [0.4, 0.5) is 5.69 Å². The molecule has 1 heterocycles. The topological polar surface area (TPSA) is 15.7 Å². The van der Waals surface area contributed by atoms with Gasteiger partial charge in [0.15, 0.2) is 0 Å². The summed E-state index contributed by atoms with van der Waals surface area (Å²) >= 11 is 0. The van der Waals surface area contributed by atoms with Gasteiger partial charge in [-0.25, -0.2) is 0 Å². The molecule has 3 rings (SSSR count). The molecule has 1 aliphatic rings. The minimum absolute atomic E-state index is 0.927. The van der Waals surface area contributed by atoms with Crippen molar-refractivity contribution in [1.82, 2.24) is 4.90 Å². The third-order valence-electron chi connectivity index (χ3n) is 4.48. The summed E-state index contributed by atoms with van der Waals surface area (Å²) in [6.07, 6.45) is 2.29. The van der Waals surface area contributed by atoms with Gasteiger partial charge in [0.05, 0.1) is 7.11 Å². The van der Waals surface area contributed by atoms with Gasteiger partial charge in [0.1, 0.15) is 5.75 Å². The molecule has 0 aromatic heterocycles. The van der Waals surface area contributed by atoms with Crippen LogP contribution >= 0.6 is 0 Å². The van der Waals surface area contributed by atoms with Gasteiger partial charge in [-0.15, -0.1) is 0 Å². The number of nitrogens with zero attached hydrogens (tertiary/aromatic N) is 2. The van der Waals surface area contributed by atoms with E-state index in [4.69, 9.17) is 4.74 Å². The lowest BCUT2D eigenvalue weighted by molar-refractivity contribution is 0.279. The number of anilines is 1. The van der Waals surface area contributed by atoms with Gasteiger partial charge in [0.2, 0.25) is 0 Å². The van der Waals surface area contributed by atoms with Crippen LogP contribution in [0.15, 0.2) is 60.2 Å². The summed E-state index contributed by atoms with van der Waals surface area (Å²) in [5.41, 5.74) is 3.95. The second kappa shape index (κ2) is 8.02. The van der Waals surface area contributed by atoms with E-state index in [0.717, 1.165) is 38.5 Å². The third kappa shape index (κ3) is 4.39. The molecule has 1 fully saturated rings. The molecule has 0 unspecified atom stereocenters. The first-order valence-corrected chi connectivity index (χ1v) is 8.58. The summed E-state index contributed by atoms with van der Waals surface area (Å²) < 4.78 is 5.33. The summed E-state index contributed by atoms with van der Waals surface area (Å²) in [6, 6.07) is 18.9. The van der Waals surface area contributed by atoms with E-state index in [0.29, 0.717) is 0 Å². The van der Waals surface area contributed by atoms with Crippen LogP contribution in [0.3, 0.4) is 0 Å². The van der Waals surface area contributed by atoms with Crippen LogP contribution in [-0.4, -0.2) is 44.7 Å². The monoisotopic (exact) mass is 322 g/mol. The summed E-state index contributed by atoms with van der Waals surface area (Å²) in [5, 5.41) is 0. The maximum atomic E-state index is 5.33. The van der Waals surface area contributed by atoms with Gasteiger partial charge in [-0.1, -0.05) is 48.0 Å². The quantitative estimate of drug-likeness (QED) is 0.830. The summed E-state index contributed by atoms with van der Waals surface area (Å²) in [7, 11) is 1.72. The molecule has 0 bridgehead atoms. The van der Waals surface area contributed by atoms with Crippen molar-refractivity contribution in [2.75, 3.05) is 44.7 Å². The second-order valence-electron chi connectivity index (χ2n) is 6.37. The molecule has 3 heteroatoms. The predicted molar refractivity (Wildman–Crippen MR) is 102 cm³/mol. The zero-order valence-corrected chi connectivity index (χ0v) is 14.6. The number of hydrogen-bond donors (Lipinski definition) is 0. The number of rotatable bonds is 5. The average Bonchev–Trinajstić information content (AvgIpc) is 2.63. The van der Waals surface area contributed by atoms with Crippen LogP contribution in [0.25, 0.3) is 6.08 Å². The van der Waals surface area contributed by atoms with Gasteiger partial charge >= 0.3 is 0 Å². The molecule has 0 spiro atoms. The van der Waals surface area contributed by atoms with Crippen molar-refractivity contribution in [3.8, 4) is 5.75 Å². The summed E-state index contributed by atoms with van der Waals surface area (Å²) in [6.45, 7) is 7.58. The molecule has 1 saturated heterocycles. The molecule has 1 aliphatic heterocycles. The van der Waals surface area contributed by atoms with Crippen LogP contribution < -0.4 is 9.64 Å². The minimum atomic E-state index is 0.927. The van der Waals surface area contributed by atoms with Crippen molar-refractivity contribution in [2.24, 2.45) is 0 Å². The van der Waals surface area contributed by atoms with Crippen molar-refractivity contribution in [2.45, 2.75) is 6.92 Å². The lowest BCUT2D eigenvalue weighted by atomic mass is 10.1. The molecule has 0 saturated carbocycles. The Balaban J connectivity index is 1.54. The zero-order valence-electron chi connectivity index (χ0n) is 14.6. The molecular weight excluding hydrogens is 296 g/mol. The molecular formula is C21H26N2O. The van der Waals surface area contributed by atoms with E-state index in [1.807, 2.05) is 6.07 Å². The van der Waals surface area contributed by atoms with Gasteiger partial charge in [0, 0.05) is 44.5 Å². The van der Waals surface area contributed by atoms with E-state index in [2.05, 4.69) is 71.3 Å². The van der Waals surface area contributed by atoms with Crippen molar-refractivity contribution in [1.29, 1.82) is 0 Å². The number of ether oxygens (including phenoxy) is 1. The Morgan fingerprint density at radius 3 is 2.46 bits per heavy atom. The highest BCUT2D eigenvalue weighted by atomic mass is 16.5. The lowest BCUT2D eigenvalue weighted by Gasteiger charge is -2.36. The maximum Gasteiger partial charge on any atom is 0.120 e. The van der Waals surface area contributed by atoms with Crippen LogP contribution in [0, 0.1) is 0 Å². The Morgan fingerprint density at radius 1 is 1.00 bits per heavy atom. The predicted octanol–water partition coefficient (Wildman–Crippen LogP) is 3.92. The summed E-state index contributed by atoms with van der Waals surface area (Å²) in [5.74, 6) is 0.927. The van der Waals surface area contributed by atoms with Crippen molar-refractivity contribution >= 4 is 11.8 Å². The molecule has 3 nitrogen and oxygen atoms in total. The third-order valence-corrected chi connectivity index (χ3v) is 4.48. The molecule has 24 heavy (non-hydrogen) atoms. The number of methoxy groups -OCH3 is 1. The fourth-order valence-electron chi connectivity index (χ4n) is 3.20. The SMILES string of the molecule is COc1cccc(N2CCN(CC(C)=Cc3ccccc3)CC2)c1. The van der Waals surface area contributed by atoms with Gasteiger partial charge in [-0.3, -0.25) is 4.90 Å². The maximum absolute atomic E-state index is 5.33. The van der Waals surface area contributed by atoms with Crippen LogP contribution in [-0.2, 0) is 0 Å². The fourth-order valence-corrected chi connectivity index (χ4v) is 3.20. The fraction of sp³-hybridized carbons (Fsp3) is 0.333. The first-order chi connectivity index (χ1) is 11.7. The molecule has 2 aromatic carbocycles. The summed E-state index contributed by atoms with van der Waals surface area (Å²) in [4.78, 5) is 4.97. The molecule has 0 atom stereocenters. The Kier molecular flexibility index (Phi) is 5.55. The van der Waals surface area contributed by atoms with Gasteiger partial charge < -0.3 is 9.64 Å². The lowest BCUT2D eigenvalue weighted by Crippen LogP contribution is -2.46. The van der Waals surface area contributed by atoms with E-state index >= 15 is 0 Å². The Bertz CT molecular complexity index is 673. The molecule has 2 aromatic rings. The van der Waals surface area contributed by atoms with Crippen LogP contribution in [0.1, 0.15) is 12.5 Å². The zero-order chi connectivity index (χ0) is 16.8. The number of benzene rings is 2. The van der Waals surface area contributed by atoms with E-state index in [-0.39, 0.29) is 0 Å². The highest BCUT2D eigenvalue weighted by Crippen LogP contribution is 2.22. The second-order valence-corrected chi connectivity index (χ2v) is 6.37.